The third-order valence-corrected chi connectivity index (χ3v) is 5.15. The Bertz CT molecular complexity index is 686. The van der Waals surface area contributed by atoms with Gasteiger partial charge in [0.1, 0.15) is 12.4 Å². The van der Waals surface area contributed by atoms with E-state index < -0.39 is 12.8 Å². The number of rotatable bonds is 6. The number of carbonyl (C=O) groups excluding carboxylic acids is 1. The predicted octanol–water partition coefficient (Wildman–Crippen LogP) is 4.48. The van der Waals surface area contributed by atoms with E-state index in [4.69, 9.17) is 4.74 Å². The molecular weight excluding hydrogens is 359 g/mol. The molecule has 0 saturated heterocycles. The third-order valence-electron chi connectivity index (χ3n) is 5.15. The number of hydrogen-bond acceptors (Lipinski definition) is 3. The normalized spacial score (nSPS) is 19.8. The van der Waals surface area contributed by atoms with Gasteiger partial charge in [-0.3, -0.25) is 4.79 Å². The molecule has 0 bridgehead atoms. The van der Waals surface area contributed by atoms with Gasteiger partial charge in [-0.05, 0) is 56.7 Å². The molecule has 0 aromatic heterocycles. The number of amides is 1. The lowest BCUT2D eigenvalue weighted by Crippen LogP contribution is -2.37. The summed E-state index contributed by atoms with van der Waals surface area (Å²) in [7, 11) is 0. The van der Waals surface area contributed by atoms with Crippen LogP contribution < -0.4 is 4.74 Å². The molecule has 3 rings (SSSR count). The third kappa shape index (κ3) is 5.15. The monoisotopic (exact) mass is 385 g/mol. The Hall–Kier alpha value is -1.76. The second-order valence-electron chi connectivity index (χ2n) is 7.43. The van der Waals surface area contributed by atoms with E-state index in [0.29, 0.717) is 6.61 Å². The van der Waals surface area contributed by atoms with E-state index in [2.05, 4.69) is 10.8 Å². The number of nitrogens with zero attached hydrogens (tertiary/aromatic N) is 1. The Morgan fingerprint density at radius 2 is 1.93 bits per heavy atom. The van der Waals surface area contributed by atoms with Crippen molar-refractivity contribution in [2.75, 3.05) is 19.8 Å². The van der Waals surface area contributed by atoms with E-state index in [1.807, 2.05) is 24.8 Å². The van der Waals surface area contributed by atoms with Crippen LogP contribution in [0, 0.1) is 13.8 Å². The van der Waals surface area contributed by atoms with E-state index in [0.717, 1.165) is 48.1 Å². The first-order valence-corrected chi connectivity index (χ1v) is 9.46. The first-order valence-electron chi connectivity index (χ1n) is 9.46. The summed E-state index contributed by atoms with van der Waals surface area (Å²) in [4.78, 5) is 14.7. The Labute approximate surface area is 157 Å². The first kappa shape index (κ1) is 20.0. The SMILES string of the molecule is Cc1cc2c(cc1C)[C@H](N(C(=O)CCOCC(F)(F)F)C1CC1)CCCO2. The van der Waals surface area contributed by atoms with Gasteiger partial charge in [0.15, 0.2) is 0 Å². The lowest BCUT2D eigenvalue weighted by Gasteiger charge is -2.32. The molecule has 0 spiro atoms. The molecule has 4 nitrogen and oxygen atoms in total. The van der Waals surface area contributed by atoms with E-state index in [1.165, 1.54) is 0 Å². The second-order valence-corrected chi connectivity index (χ2v) is 7.43. The maximum atomic E-state index is 12.8. The van der Waals surface area contributed by atoms with Crippen LogP contribution in [0.25, 0.3) is 0 Å². The fourth-order valence-electron chi connectivity index (χ4n) is 3.56. The van der Waals surface area contributed by atoms with Crippen LogP contribution in [0.4, 0.5) is 13.2 Å². The van der Waals surface area contributed by atoms with E-state index >= 15 is 0 Å². The highest BCUT2D eigenvalue weighted by Gasteiger charge is 2.39. The summed E-state index contributed by atoms with van der Waals surface area (Å²) in [6.45, 7) is 3.13. The van der Waals surface area contributed by atoms with Gasteiger partial charge in [-0.15, -0.1) is 0 Å². The average molecular weight is 385 g/mol. The number of benzene rings is 1. The smallest absolute Gasteiger partial charge is 0.411 e. The Morgan fingerprint density at radius 1 is 1.22 bits per heavy atom. The molecule has 7 heteroatoms. The van der Waals surface area contributed by atoms with E-state index in [-0.39, 0.29) is 31.0 Å². The Balaban J connectivity index is 1.75. The van der Waals surface area contributed by atoms with Gasteiger partial charge < -0.3 is 14.4 Å². The number of fused-ring (bicyclic) bond motifs is 1. The van der Waals surface area contributed by atoms with Crippen LogP contribution >= 0.6 is 0 Å². The largest absolute Gasteiger partial charge is 0.493 e. The van der Waals surface area contributed by atoms with Crippen LogP contribution in [0.1, 0.15) is 54.8 Å². The van der Waals surface area contributed by atoms with Crippen molar-refractivity contribution in [1.82, 2.24) is 4.90 Å². The van der Waals surface area contributed by atoms with Crippen molar-refractivity contribution in [3.63, 3.8) is 0 Å². The molecule has 0 N–H and O–H groups in total. The molecule has 0 unspecified atom stereocenters. The van der Waals surface area contributed by atoms with Crippen LogP contribution in [0.5, 0.6) is 5.75 Å². The van der Waals surface area contributed by atoms with Crippen molar-refractivity contribution in [3.05, 3.63) is 28.8 Å². The van der Waals surface area contributed by atoms with Gasteiger partial charge in [-0.25, -0.2) is 0 Å². The zero-order chi connectivity index (χ0) is 19.6. The molecular formula is C20H26F3NO3. The molecule has 1 saturated carbocycles. The molecule has 1 aliphatic carbocycles. The minimum atomic E-state index is -4.37. The zero-order valence-corrected chi connectivity index (χ0v) is 15.8. The van der Waals surface area contributed by atoms with E-state index in [1.54, 1.807) is 0 Å². The number of ether oxygens (including phenoxy) is 2. The van der Waals surface area contributed by atoms with Crippen LogP contribution in [-0.2, 0) is 9.53 Å². The van der Waals surface area contributed by atoms with Gasteiger partial charge >= 0.3 is 6.18 Å². The van der Waals surface area contributed by atoms with Crippen LogP contribution in [0.2, 0.25) is 0 Å². The second kappa shape index (κ2) is 8.09. The van der Waals surface area contributed by atoms with Crippen molar-refractivity contribution < 1.29 is 27.4 Å². The molecule has 1 fully saturated rings. The highest BCUT2D eigenvalue weighted by Crippen LogP contribution is 2.42. The number of halogens is 3. The number of hydrogen-bond donors (Lipinski definition) is 0. The molecule has 1 aliphatic heterocycles. The summed E-state index contributed by atoms with van der Waals surface area (Å²) in [6.07, 6.45) is -0.907. The van der Waals surface area contributed by atoms with Gasteiger partial charge in [-0.2, -0.15) is 13.2 Å². The van der Waals surface area contributed by atoms with Crippen molar-refractivity contribution in [3.8, 4) is 5.75 Å². The number of carbonyl (C=O) groups is 1. The average Bonchev–Trinajstić information content (AvgIpc) is 3.41. The maximum Gasteiger partial charge on any atom is 0.411 e. The van der Waals surface area contributed by atoms with Gasteiger partial charge in [0.2, 0.25) is 5.91 Å². The summed E-state index contributed by atoms with van der Waals surface area (Å²) in [5.41, 5.74) is 3.28. The lowest BCUT2D eigenvalue weighted by atomic mass is 9.95. The van der Waals surface area contributed by atoms with Gasteiger partial charge in [0.25, 0.3) is 0 Å². The fourth-order valence-corrected chi connectivity index (χ4v) is 3.56. The summed E-state index contributed by atoms with van der Waals surface area (Å²) in [5.74, 6) is 0.670. The van der Waals surface area contributed by atoms with Crippen molar-refractivity contribution in [2.24, 2.45) is 0 Å². The Morgan fingerprint density at radius 3 is 2.59 bits per heavy atom. The molecule has 1 amide bonds. The van der Waals surface area contributed by atoms with Crippen molar-refractivity contribution in [2.45, 2.75) is 64.2 Å². The molecule has 150 valence electrons. The van der Waals surface area contributed by atoms with Crippen LogP contribution in [0.15, 0.2) is 12.1 Å². The molecule has 1 aromatic carbocycles. The first-order chi connectivity index (χ1) is 12.8. The molecule has 1 aromatic rings. The summed E-state index contributed by atoms with van der Waals surface area (Å²) >= 11 is 0. The fraction of sp³-hybridized carbons (Fsp3) is 0.650. The predicted molar refractivity (Wildman–Crippen MR) is 94.7 cm³/mol. The minimum Gasteiger partial charge on any atom is -0.493 e. The Kier molecular flexibility index (Phi) is 5.99. The molecule has 27 heavy (non-hydrogen) atoms. The summed E-state index contributed by atoms with van der Waals surface area (Å²) < 4.78 is 47.2. The van der Waals surface area contributed by atoms with Crippen LogP contribution in [-0.4, -0.2) is 42.8 Å². The quantitative estimate of drug-likeness (QED) is 0.678. The van der Waals surface area contributed by atoms with Crippen LogP contribution in [0.3, 0.4) is 0 Å². The highest BCUT2D eigenvalue weighted by atomic mass is 19.4. The number of aryl methyl sites for hydroxylation is 2. The molecule has 2 aliphatic rings. The van der Waals surface area contributed by atoms with Crippen molar-refractivity contribution in [1.29, 1.82) is 0 Å². The standard InChI is InChI=1S/C20H26F3NO3/c1-13-10-16-17(4-3-8-27-18(16)11-14(13)2)24(15-5-6-15)19(25)7-9-26-12-20(21,22)23/h10-11,15,17H,3-9,12H2,1-2H3/t17-/m1/s1. The van der Waals surface area contributed by atoms with Gasteiger partial charge in [0.05, 0.1) is 25.7 Å². The summed E-state index contributed by atoms with van der Waals surface area (Å²) in [6, 6.07) is 4.18. The highest BCUT2D eigenvalue weighted by molar-refractivity contribution is 5.77. The van der Waals surface area contributed by atoms with Gasteiger partial charge in [0, 0.05) is 11.6 Å². The summed E-state index contributed by atoms with van der Waals surface area (Å²) in [5, 5.41) is 0. The molecule has 1 heterocycles. The van der Waals surface area contributed by atoms with Crippen molar-refractivity contribution >= 4 is 5.91 Å². The van der Waals surface area contributed by atoms with Gasteiger partial charge in [-0.1, -0.05) is 6.07 Å². The minimum absolute atomic E-state index is 0.0376. The van der Waals surface area contributed by atoms with E-state index in [9.17, 15) is 18.0 Å². The maximum absolute atomic E-state index is 12.8. The molecule has 0 radical (unpaired) electrons. The lowest BCUT2D eigenvalue weighted by molar-refractivity contribution is -0.175. The zero-order valence-electron chi connectivity index (χ0n) is 15.8. The topological polar surface area (TPSA) is 38.8 Å². The molecule has 1 atom stereocenters. The number of alkyl halides is 3.